The highest BCUT2D eigenvalue weighted by molar-refractivity contribution is 5.79. The Morgan fingerprint density at radius 2 is 2.19 bits per heavy atom. The minimum Gasteiger partial charge on any atom is -0.493 e. The van der Waals surface area contributed by atoms with E-state index >= 15 is 0 Å². The van der Waals surface area contributed by atoms with Gasteiger partial charge in [-0.2, -0.15) is 0 Å². The van der Waals surface area contributed by atoms with Gasteiger partial charge in [0.15, 0.2) is 0 Å². The van der Waals surface area contributed by atoms with Crippen LogP contribution in [0.25, 0.3) is 11.5 Å². The van der Waals surface area contributed by atoms with E-state index in [0.717, 1.165) is 42.3 Å². The summed E-state index contributed by atoms with van der Waals surface area (Å²) in [6.07, 6.45) is 0.892. The Kier molecular flexibility index (Phi) is 5.93. The Morgan fingerprint density at radius 1 is 1.38 bits per heavy atom. The fraction of sp³-hybridized carbons (Fsp3) is 0.500. The van der Waals surface area contributed by atoms with Crippen molar-refractivity contribution in [2.45, 2.75) is 33.7 Å². The van der Waals surface area contributed by atoms with Crippen LogP contribution >= 0.6 is 0 Å². The van der Waals surface area contributed by atoms with Gasteiger partial charge in [0.2, 0.25) is 11.8 Å². The molecule has 1 unspecified atom stereocenters. The van der Waals surface area contributed by atoms with Crippen LogP contribution in [0.3, 0.4) is 0 Å². The summed E-state index contributed by atoms with van der Waals surface area (Å²) < 4.78 is 11.6. The van der Waals surface area contributed by atoms with Gasteiger partial charge >= 0.3 is 0 Å². The van der Waals surface area contributed by atoms with Gasteiger partial charge in [0, 0.05) is 19.6 Å². The molecule has 0 radical (unpaired) electrons. The summed E-state index contributed by atoms with van der Waals surface area (Å²) in [6.45, 7) is 9.49. The topological polar surface area (TPSA) is 67.6 Å². The molecule has 6 nitrogen and oxygen atoms in total. The number of ether oxygens (including phenoxy) is 1. The van der Waals surface area contributed by atoms with E-state index in [4.69, 9.17) is 14.1 Å². The summed E-state index contributed by atoms with van der Waals surface area (Å²) in [6, 6.07) is 7.78. The molecule has 1 atom stereocenters. The maximum Gasteiger partial charge on any atom is 0.230 e. The largest absolute Gasteiger partial charge is 0.493 e. The number of para-hydroxylation sites is 1. The van der Waals surface area contributed by atoms with Crippen LogP contribution < -0.4 is 10.1 Å². The highest BCUT2D eigenvalue weighted by Gasteiger charge is 2.29. The zero-order valence-electron chi connectivity index (χ0n) is 15.7. The fourth-order valence-corrected chi connectivity index (χ4v) is 3.34. The second-order valence-corrected chi connectivity index (χ2v) is 6.57. The summed E-state index contributed by atoms with van der Waals surface area (Å²) in [4.78, 5) is 19.0. The smallest absolute Gasteiger partial charge is 0.230 e. The number of rotatable bonds is 7. The molecule has 0 aliphatic carbocycles. The first-order valence-electron chi connectivity index (χ1n) is 9.30. The summed E-state index contributed by atoms with van der Waals surface area (Å²) in [5.41, 5.74) is 1.79. The van der Waals surface area contributed by atoms with Crippen LogP contribution in [0.1, 0.15) is 31.7 Å². The molecule has 0 spiro atoms. The molecule has 2 aromatic rings. The number of carbonyl (C=O) groups excluding carboxylic acids is 1. The standard InChI is InChI=1S/C20H27N3O3/c1-4-21-19(24)15-10-11-23(12-15)13-17-14(3)26-20(22-17)16-8-6-7-9-18(16)25-5-2/h6-9,15H,4-5,10-13H2,1-3H3,(H,21,24). The Hall–Kier alpha value is -2.34. The third kappa shape index (κ3) is 4.07. The molecule has 1 aromatic heterocycles. The van der Waals surface area contributed by atoms with Crippen molar-refractivity contribution in [1.82, 2.24) is 15.2 Å². The number of oxazole rings is 1. The molecule has 6 heteroatoms. The molecule has 1 aliphatic heterocycles. The molecule has 1 aliphatic rings. The molecule has 1 fully saturated rings. The minimum absolute atomic E-state index is 0.0697. The molecule has 3 rings (SSSR count). The third-order valence-electron chi connectivity index (χ3n) is 4.68. The number of aromatic nitrogens is 1. The number of carbonyl (C=O) groups is 1. The lowest BCUT2D eigenvalue weighted by molar-refractivity contribution is -0.124. The minimum atomic E-state index is 0.0697. The van der Waals surface area contributed by atoms with E-state index in [-0.39, 0.29) is 11.8 Å². The Balaban J connectivity index is 1.71. The Labute approximate surface area is 154 Å². The van der Waals surface area contributed by atoms with Gasteiger partial charge in [-0.05, 0) is 45.9 Å². The van der Waals surface area contributed by atoms with Crippen molar-refractivity contribution < 1.29 is 13.9 Å². The van der Waals surface area contributed by atoms with Gasteiger partial charge in [-0.25, -0.2) is 4.98 Å². The molecule has 140 valence electrons. The second kappa shape index (κ2) is 8.36. The lowest BCUT2D eigenvalue weighted by atomic mass is 10.1. The molecule has 1 saturated heterocycles. The van der Waals surface area contributed by atoms with Crippen molar-refractivity contribution in [3.63, 3.8) is 0 Å². The van der Waals surface area contributed by atoms with Crippen molar-refractivity contribution in [2.75, 3.05) is 26.2 Å². The van der Waals surface area contributed by atoms with Gasteiger partial charge in [0.25, 0.3) is 0 Å². The number of hydrogen-bond acceptors (Lipinski definition) is 5. The maximum atomic E-state index is 12.0. The predicted molar refractivity (Wildman–Crippen MR) is 99.9 cm³/mol. The molecule has 26 heavy (non-hydrogen) atoms. The van der Waals surface area contributed by atoms with Gasteiger partial charge in [-0.3, -0.25) is 9.69 Å². The molecular weight excluding hydrogens is 330 g/mol. The number of hydrogen-bond donors (Lipinski definition) is 1. The van der Waals surface area contributed by atoms with E-state index in [9.17, 15) is 4.79 Å². The van der Waals surface area contributed by atoms with E-state index in [1.807, 2.05) is 45.0 Å². The first kappa shape index (κ1) is 18.5. The lowest BCUT2D eigenvalue weighted by Gasteiger charge is -2.14. The fourth-order valence-electron chi connectivity index (χ4n) is 3.34. The van der Waals surface area contributed by atoms with Crippen LogP contribution in [-0.2, 0) is 11.3 Å². The number of amides is 1. The van der Waals surface area contributed by atoms with Gasteiger partial charge in [0.1, 0.15) is 11.5 Å². The number of benzene rings is 1. The van der Waals surface area contributed by atoms with Crippen LogP contribution in [0.15, 0.2) is 28.7 Å². The van der Waals surface area contributed by atoms with Crippen LogP contribution in [0, 0.1) is 12.8 Å². The first-order valence-corrected chi connectivity index (χ1v) is 9.30. The van der Waals surface area contributed by atoms with Crippen molar-refractivity contribution >= 4 is 5.91 Å². The monoisotopic (exact) mass is 357 g/mol. The van der Waals surface area contributed by atoms with Crippen molar-refractivity contribution in [2.24, 2.45) is 5.92 Å². The van der Waals surface area contributed by atoms with Crippen molar-refractivity contribution in [3.8, 4) is 17.2 Å². The summed E-state index contributed by atoms with van der Waals surface area (Å²) in [5.74, 6) is 2.40. The third-order valence-corrected chi connectivity index (χ3v) is 4.68. The highest BCUT2D eigenvalue weighted by atomic mass is 16.5. The average molecular weight is 357 g/mol. The predicted octanol–water partition coefficient (Wildman–Crippen LogP) is 3.01. The summed E-state index contributed by atoms with van der Waals surface area (Å²) in [7, 11) is 0. The van der Waals surface area contributed by atoms with E-state index < -0.39 is 0 Å². The number of aryl methyl sites for hydroxylation is 1. The first-order chi connectivity index (χ1) is 12.6. The summed E-state index contributed by atoms with van der Waals surface area (Å²) in [5, 5.41) is 2.91. The van der Waals surface area contributed by atoms with Crippen LogP contribution in [0.2, 0.25) is 0 Å². The van der Waals surface area contributed by atoms with E-state index in [2.05, 4.69) is 10.2 Å². The molecule has 1 N–H and O–H groups in total. The zero-order valence-corrected chi connectivity index (χ0v) is 15.7. The average Bonchev–Trinajstić information content (AvgIpc) is 3.24. The number of likely N-dealkylation sites (tertiary alicyclic amines) is 1. The zero-order chi connectivity index (χ0) is 18.5. The maximum absolute atomic E-state index is 12.0. The van der Waals surface area contributed by atoms with Crippen molar-refractivity contribution in [1.29, 1.82) is 0 Å². The quantitative estimate of drug-likeness (QED) is 0.825. The molecule has 0 saturated carbocycles. The lowest BCUT2D eigenvalue weighted by Crippen LogP contribution is -2.32. The molecule has 1 amide bonds. The number of nitrogens with one attached hydrogen (secondary N) is 1. The molecule has 0 bridgehead atoms. The Bertz CT molecular complexity index is 757. The SMILES string of the molecule is CCNC(=O)C1CCN(Cc2nc(-c3ccccc3OCC)oc2C)C1. The normalized spacial score (nSPS) is 17.4. The molecule has 1 aromatic carbocycles. The van der Waals surface area contributed by atoms with Crippen LogP contribution in [0.5, 0.6) is 5.75 Å². The molecule has 2 heterocycles. The van der Waals surface area contributed by atoms with E-state index in [0.29, 0.717) is 25.6 Å². The Morgan fingerprint density at radius 3 is 2.96 bits per heavy atom. The summed E-state index contributed by atoms with van der Waals surface area (Å²) >= 11 is 0. The van der Waals surface area contributed by atoms with E-state index in [1.54, 1.807) is 0 Å². The van der Waals surface area contributed by atoms with Gasteiger partial charge < -0.3 is 14.5 Å². The van der Waals surface area contributed by atoms with Crippen LogP contribution in [0.4, 0.5) is 0 Å². The van der Waals surface area contributed by atoms with Crippen molar-refractivity contribution in [3.05, 3.63) is 35.7 Å². The van der Waals surface area contributed by atoms with E-state index in [1.165, 1.54) is 0 Å². The number of nitrogens with zero attached hydrogens (tertiary/aromatic N) is 2. The van der Waals surface area contributed by atoms with Gasteiger partial charge in [-0.1, -0.05) is 12.1 Å². The molecular formula is C20H27N3O3. The van der Waals surface area contributed by atoms with Gasteiger partial charge in [-0.15, -0.1) is 0 Å². The highest BCUT2D eigenvalue weighted by Crippen LogP contribution is 2.31. The van der Waals surface area contributed by atoms with Crippen LogP contribution in [-0.4, -0.2) is 42.0 Å². The second-order valence-electron chi connectivity index (χ2n) is 6.57. The van der Waals surface area contributed by atoms with Gasteiger partial charge in [0.05, 0.1) is 23.8 Å².